The van der Waals surface area contributed by atoms with Crippen LogP contribution in [0.1, 0.15) is 15.9 Å². The fraction of sp³-hybridized carbons (Fsp3) is 0.0476. The Hall–Kier alpha value is -3.71. The minimum atomic E-state index is -0.571. The Morgan fingerprint density at radius 1 is 0.931 bits per heavy atom. The summed E-state index contributed by atoms with van der Waals surface area (Å²) in [4.78, 5) is 34.8. The van der Waals surface area contributed by atoms with Gasteiger partial charge in [0.1, 0.15) is 0 Å². The zero-order chi connectivity index (χ0) is 20.8. The van der Waals surface area contributed by atoms with Gasteiger partial charge in [-0.2, -0.15) is 0 Å². The van der Waals surface area contributed by atoms with Crippen LogP contribution < -0.4 is 10.6 Å². The maximum Gasteiger partial charge on any atom is 0.271 e. The number of rotatable bonds is 6. The third-order valence-corrected chi connectivity index (χ3v) is 4.38. The van der Waals surface area contributed by atoms with Gasteiger partial charge in [-0.15, -0.1) is 0 Å². The lowest BCUT2D eigenvalue weighted by molar-refractivity contribution is -0.384. The number of nitro benzene ring substituents is 1. The van der Waals surface area contributed by atoms with Crippen LogP contribution in [-0.2, 0) is 11.2 Å². The Morgan fingerprint density at radius 3 is 2.28 bits per heavy atom. The monoisotopic (exact) mass is 409 g/mol. The average molecular weight is 410 g/mol. The van der Waals surface area contributed by atoms with E-state index in [9.17, 15) is 19.7 Å². The van der Waals surface area contributed by atoms with Crippen LogP contribution >= 0.6 is 11.6 Å². The first kappa shape index (κ1) is 20.0. The molecule has 0 heterocycles. The molecule has 0 aliphatic heterocycles. The minimum Gasteiger partial charge on any atom is -0.326 e. The van der Waals surface area contributed by atoms with Crippen molar-refractivity contribution in [3.8, 4) is 0 Å². The molecule has 0 unspecified atom stereocenters. The van der Waals surface area contributed by atoms with Crippen molar-refractivity contribution in [2.75, 3.05) is 10.6 Å². The second-order valence-electron chi connectivity index (χ2n) is 6.16. The SMILES string of the molecule is O=C(Cc1ccccc1)Nc1ccc(C(=O)Nc2cc([N+](=O)[O-])ccc2Cl)cc1. The molecule has 0 saturated carbocycles. The second-order valence-corrected chi connectivity index (χ2v) is 6.57. The first-order valence-corrected chi connectivity index (χ1v) is 8.99. The molecule has 0 fully saturated rings. The van der Waals surface area contributed by atoms with Gasteiger partial charge in [0.2, 0.25) is 5.91 Å². The number of nitrogens with one attached hydrogen (secondary N) is 2. The molecule has 0 aromatic heterocycles. The van der Waals surface area contributed by atoms with Gasteiger partial charge in [0.25, 0.3) is 11.6 Å². The van der Waals surface area contributed by atoms with E-state index in [1.54, 1.807) is 24.3 Å². The number of hydrogen-bond donors (Lipinski definition) is 2. The molecule has 0 aliphatic carbocycles. The molecule has 0 atom stereocenters. The molecular weight excluding hydrogens is 394 g/mol. The summed E-state index contributed by atoms with van der Waals surface area (Å²) in [5.41, 5.74) is 1.73. The summed E-state index contributed by atoms with van der Waals surface area (Å²) in [7, 11) is 0. The van der Waals surface area contributed by atoms with E-state index >= 15 is 0 Å². The highest BCUT2D eigenvalue weighted by molar-refractivity contribution is 6.34. The summed E-state index contributed by atoms with van der Waals surface area (Å²) in [6, 6.07) is 19.4. The van der Waals surface area contributed by atoms with Crippen LogP contribution in [0.5, 0.6) is 0 Å². The molecule has 2 amide bonds. The van der Waals surface area contributed by atoms with E-state index < -0.39 is 10.8 Å². The molecule has 3 aromatic rings. The smallest absolute Gasteiger partial charge is 0.271 e. The standard InChI is InChI=1S/C21H16ClN3O4/c22-18-11-10-17(25(28)29)13-19(18)24-21(27)15-6-8-16(9-7-15)23-20(26)12-14-4-2-1-3-5-14/h1-11,13H,12H2,(H,23,26)(H,24,27). The summed E-state index contributed by atoms with van der Waals surface area (Å²) in [5, 5.41) is 16.4. The first-order chi connectivity index (χ1) is 13.9. The van der Waals surface area contributed by atoms with Gasteiger partial charge in [0.15, 0.2) is 0 Å². The van der Waals surface area contributed by atoms with E-state index in [1.165, 1.54) is 18.2 Å². The lowest BCUT2D eigenvalue weighted by Gasteiger charge is -2.09. The van der Waals surface area contributed by atoms with Gasteiger partial charge in [-0.3, -0.25) is 19.7 Å². The molecular formula is C21H16ClN3O4. The highest BCUT2D eigenvalue weighted by Gasteiger charge is 2.13. The van der Waals surface area contributed by atoms with Crippen LogP contribution in [0.15, 0.2) is 72.8 Å². The number of hydrogen-bond acceptors (Lipinski definition) is 4. The molecule has 0 aliphatic rings. The fourth-order valence-electron chi connectivity index (χ4n) is 2.61. The van der Waals surface area contributed by atoms with Gasteiger partial charge in [-0.1, -0.05) is 41.9 Å². The summed E-state index contributed by atoms with van der Waals surface area (Å²) in [6.45, 7) is 0. The number of amides is 2. The van der Waals surface area contributed by atoms with Crippen LogP contribution in [0.4, 0.5) is 17.1 Å². The van der Waals surface area contributed by atoms with Crippen molar-refractivity contribution >= 4 is 40.5 Å². The predicted octanol–water partition coefficient (Wildman–Crippen LogP) is 4.68. The number of benzene rings is 3. The lowest BCUT2D eigenvalue weighted by atomic mass is 10.1. The maximum absolute atomic E-state index is 12.4. The van der Waals surface area contributed by atoms with E-state index in [0.717, 1.165) is 5.56 Å². The molecule has 3 aromatic carbocycles. The Labute approximate surface area is 171 Å². The number of carbonyl (C=O) groups excluding carboxylic acids is 2. The normalized spacial score (nSPS) is 10.2. The zero-order valence-electron chi connectivity index (χ0n) is 15.1. The van der Waals surface area contributed by atoms with Gasteiger partial charge < -0.3 is 10.6 Å². The minimum absolute atomic E-state index is 0.145. The molecule has 29 heavy (non-hydrogen) atoms. The van der Waals surface area contributed by atoms with E-state index in [1.807, 2.05) is 30.3 Å². The molecule has 0 bridgehead atoms. The highest BCUT2D eigenvalue weighted by Crippen LogP contribution is 2.27. The highest BCUT2D eigenvalue weighted by atomic mass is 35.5. The van der Waals surface area contributed by atoms with E-state index in [-0.39, 0.29) is 28.7 Å². The van der Waals surface area contributed by atoms with Crippen molar-refractivity contribution in [2.24, 2.45) is 0 Å². The van der Waals surface area contributed by atoms with Crippen LogP contribution in [-0.4, -0.2) is 16.7 Å². The number of carbonyl (C=O) groups is 2. The lowest BCUT2D eigenvalue weighted by Crippen LogP contribution is -2.15. The van der Waals surface area contributed by atoms with Crippen molar-refractivity contribution in [1.82, 2.24) is 0 Å². The van der Waals surface area contributed by atoms with Crippen LogP contribution in [0.3, 0.4) is 0 Å². The fourth-order valence-corrected chi connectivity index (χ4v) is 2.77. The Bertz CT molecular complexity index is 1050. The summed E-state index contributed by atoms with van der Waals surface area (Å²) in [6.07, 6.45) is 0.244. The maximum atomic E-state index is 12.4. The summed E-state index contributed by atoms with van der Waals surface area (Å²) >= 11 is 6.00. The number of anilines is 2. The molecule has 2 N–H and O–H groups in total. The van der Waals surface area contributed by atoms with Crippen molar-refractivity contribution in [3.05, 3.63) is 99.1 Å². The first-order valence-electron chi connectivity index (χ1n) is 8.61. The quantitative estimate of drug-likeness (QED) is 0.455. The third-order valence-electron chi connectivity index (χ3n) is 4.05. The van der Waals surface area contributed by atoms with E-state index in [4.69, 9.17) is 11.6 Å². The molecule has 7 nitrogen and oxygen atoms in total. The van der Waals surface area contributed by atoms with E-state index in [2.05, 4.69) is 10.6 Å². The van der Waals surface area contributed by atoms with E-state index in [0.29, 0.717) is 11.3 Å². The number of halogens is 1. The Balaban J connectivity index is 1.64. The van der Waals surface area contributed by atoms with Gasteiger partial charge in [0, 0.05) is 23.4 Å². The zero-order valence-corrected chi connectivity index (χ0v) is 15.8. The largest absolute Gasteiger partial charge is 0.326 e. The van der Waals surface area contributed by atoms with Crippen molar-refractivity contribution in [3.63, 3.8) is 0 Å². The average Bonchev–Trinajstić information content (AvgIpc) is 2.70. The molecule has 0 saturated heterocycles. The van der Waals surface area contributed by atoms with Crippen LogP contribution in [0, 0.1) is 10.1 Å². The second kappa shape index (κ2) is 8.99. The molecule has 146 valence electrons. The molecule has 0 radical (unpaired) electrons. The van der Waals surface area contributed by atoms with Crippen molar-refractivity contribution in [1.29, 1.82) is 0 Å². The Morgan fingerprint density at radius 2 is 1.62 bits per heavy atom. The number of nitrogens with zero attached hydrogens (tertiary/aromatic N) is 1. The Kier molecular flexibility index (Phi) is 6.21. The van der Waals surface area contributed by atoms with Gasteiger partial charge in [-0.05, 0) is 35.9 Å². The van der Waals surface area contributed by atoms with Crippen LogP contribution in [0.2, 0.25) is 5.02 Å². The van der Waals surface area contributed by atoms with Crippen molar-refractivity contribution < 1.29 is 14.5 Å². The number of non-ortho nitro benzene ring substituents is 1. The summed E-state index contributed by atoms with van der Waals surface area (Å²) < 4.78 is 0. The molecule has 3 rings (SSSR count). The van der Waals surface area contributed by atoms with Gasteiger partial charge in [0.05, 0.1) is 22.1 Å². The number of nitro groups is 1. The van der Waals surface area contributed by atoms with Gasteiger partial charge >= 0.3 is 0 Å². The van der Waals surface area contributed by atoms with Crippen molar-refractivity contribution in [2.45, 2.75) is 6.42 Å². The molecule has 8 heteroatoms. The van der Waals surface area contributed by atoms with Crippen LogP contribution in [0.25, 0.3) is 0 Å². The third kappa shape index (κ3) is 5.40. The summed E-state index contributed by atoms with van der Waals surface area (Å²) in [5.74, 6) is -0.647. The topological polar surface area (TPSA) is 101 Å². The molecule has 0 spiro atoms. The van der Waals surface area contributed by atoms with Gasteiger partial charge in [-0.25, -0.2) is 0 Å². The predicted molar refractivity (Wildman–Crippen MR) is 111 cm³/mol.